The highest BCUT2D eigenvalue weighted by molar-refractivity contribution is 7.13. The molecule has 0 aliphatic heterocycles. The molecule has 3 aromatic heterocycles. The Balaban J connectivity index is 1.62. The van der Waals surface area contributed by atoms with Gasteiger partial charge in [-0.15, -0.1) is 11.3 Å². The van der Waals surface area contributed by atoms with Gasteiger partial charge in [0.2, 0.25) is 0 Å². The average Bonchev–Trinajstić information content (AvgIpc) is 3.45. The van der Waals surface area contributed by atoms with E-state index in [-0.39, 0.29) is 0 Å². The van der Waals surface area contributed by atoms with Crippen LogP contribution in [0.2, 0.25) is 0 Å². The Morgan fingerprint density at radius 2 is 1.61 bits per heavy atom. The summed E-state index contributed by atoms with van der Waals surface area (Å²) in [5, 5.41) is 6.50. The summed E-state index contributed by atoms with van der Waals surface area (Å²) < 4.78 is 8.54. The molecular weight excluding hydrogens is 400 g/mol. The lowest BCUT2D eigenvalue weighted by Crippen LogP contribution is -2.02. The third-order valence-corrected chi connectivity index (χ3v) is 6.62. The highest BCUT2D eigenvalue weighted by Gasteiger charge is 2.10. The van der Waals surface area contributed by atoms with Gasteiger partial charge in [-0.25, -0.2) is 4.99 Å². The molecule has 0 atom stereocenters. The fraction of sp³-hybridized carbons (Fsp3) is 0.0741. The van der Waals surface area contributed by atoms with Gasteiger partial charge in [-0.1, -0.05) is 36.4 Å². The molecule has 0 saturated heterocycles. The summed E-state index contributed by atoms with van der Waals surface area (Å²) in [4.78, 5) is 6.17. The van der Waals surface area contributed by atoms with E-state index in [9.17, 15) is 0 Å². The minimum atomic E-state index is 0.843. The van der Waals surface area contributed by atoms with E-state index in [1.54, 1.807) is 11.3 Å². The third-order valence-electron chi connectivity index (χ3n) is 5.74. The standard InChI is InChI=1S/C27H20N2OS/c1-2-29-23-10-5-3-8-19(23)21-16-18(13-14-24(21)29)28-22-17-26(27-12-7-15-31-27)30-25-11-6-4-9-20(22)25/h3-17H,2H2,1H3. The van der Waals surface area contributed by atoms with E-state index in [2.05, 4.69) is 71.5 Å². The first-order valence-electron chi connectivity index (χ1n) is 10.4. The van der Waals surface area contributed by atoms with Crippen molar-refractivity contribution in [1.29, 1.82) is 0 Å². The van der Waals surface area contributed by atoms with Crippen LogP contribution in [0.25, 0.3) is 43.4 Å². The zero-order valence-corrected chi connectivity index (χ0v) is 17.9. The molecule has 0 spiro atoms. The Bertz CT molecular complexity index is 1620. The van der Waals surface area contributed by atoms with Gasteiger partial charge in [0, 0.05) is 39.8 Å². The number of hydrogen-bond acceptors (Lipinski definition) is 3. The van der Waals surface area contributed by atoms with E-state index in [0.717, 1.165) is 39.2 Å². The van der Waals surface area contributed by atoms with Crippen molar-refractivity contribution in [2.45, 2.75) is 13.5 Å². The molecule has 0 saturated carbocycles. The zero-order chi connectivity index (χ0) is 20.8. The van der Waals surface area contributed by atoms with Gasteiger partial charge in [-0.2, -0.15) is 0 Å². The van der Waals surface area contributed by atoms with Crippen LogP contribution in [0.5, 0.6) is 0 Å². The van der Waals surface area contributed by atoms with E-state index in [1.165, 1.54) is 21.8 Å². The number of para-hydroxylation sites is 2. The van der Waals surface area contributed by atoms with Crippen molar-refractivity contribution >= 4 is 49.8 Å². The molecule has 4 heteroatoms. The van der Waals surface area contributed by atoms with E-state index in [4.69, 9.17) is 9.41 Å². The van der Waals surface area contributed by atoms with Crippen LogP contribution in [0.4, 0.5) is 5.69 Å². The van der Waals surface area contributed by atoms with Gasteiger partial charge in [0.25, 0.3) is 0 Å². The van der Waals surface area contributed by atoms with Crippen LogP contribution in [-0.2, 0) is 6.54 Å². The molecule has 31 heavy (non-hydrogen) atoms. The van der Waals surface area contributed by atoms with Crippen molar-refractivity contribution in [3.63, 3.8) is 0 Å². The second kappa shape index (κ2) is 7.25. The highest BCUT2D eigenvalue weighted by atomic mass is 32.1. The average molecular weight is 421 g/mol. The van der Waals surface area contributed by atoms with Crippen LogP contribution in [0.1, 0.15) is 6.92 Å². The lowest BCUT2D eigenvalue weighted by molar-refractivity contribution is 0.620. The lowest BCUT2D eigenvalue weighted by atomic mass is 10.1. The lowest BCUT2D eigenvalue weighted by Gasteiger charge is -2.04. The molecule has 0 fully saturated rings. The van der Waals surface area contributed by atoms with Crippen molar-refractivity contribution in [2.24, 2.45) is 4.99 Å². The molecule has 3 nitrogen and oxygen atoms in total. The number of rotatable bonds is 3. The summed E-state index contributed by atoms with van der Waals surface area (Å²) in [5.74, 6) is 0.844. The Kier molecular flexibility index (Phi) is 4.25. The van der Waals surface area contributed by atoms with Crippen LogP contribution < -0.4 is 5.36 Å². The summed E-state index contributed by atoms with van der Waals surface area (Å²) >= 11 is 1.67. The van der Waals surface area contributed by atoms with Gasteiger partial charge < -0.3 is 8.98 Å². The quantitative estimate of drug-likeness (QED) is 0.291. The number of thiophene rings is 1. The first kappa shape index (κ1) is 18.2. The fourth-order valence-corrected chi connectivity index (χ4v) is 5.02. The van der Waals surface area contributed by atoms with Crippen LogP contribution in [-0.4, -0.2) is 4.57 Å². The molecule has 6 aromatic rings. The van der Waals surface area contributed by atoms with Gasteiger partial charge in [-0.05, 0) is 54.8 Å². The Labute approximate surface area is 183 Å². The van der Waals surface area contributed by atoms with Gasteiger partial charge in [0.15, 0.2) is 0 Å². The van der Waals surface area contributed by atoms with Crippen molar-refractivity contribution in [2.75, 3.05) is 0 Å². The molecule has 0 aliphatic rings. The Morgan fingerprint density at radius 1 is 0.806 bits per heavy atom. The monoisotopic (exact) mass is 420 g/mol. The smallest absolute Gasteiger partial charge is 0.146 e. The van der Waals surface area contributed by atoms with Gasteiger partial charge >= 0.3 is 0 Å². The van der Waals surface area contributed by atoms with Gasteiger partial charge in [-0.3, -0.25) is 0 Å². The number of aromatic nitrogens is 1. The summed E-state index contributed by atoms with van der Waals surface area (Å²) in [7, 11) is 0. The maximum atomic E-state index is 6.18. The molecule has 3 heterocycles. The fourth-order valence-electron chi connectivity index (χ4n) is 4.34. The molecule has 0 aliphatic carbocycles. The third kappa shape index (κ3) is 2.99. The second-order valence-corrected chi connectivity index (χ2v) is 8.49. The summed E-state index contributed by atoms with van der Waals surface area (Å²) in [6.45, 7) is 3.13. The Hall–Kier alpha value is -3.63. The number of fused-ring (bicyclic) bond motifs is 4. The summed E-state index contributed by atoms with van der Waals surface area (Å²) in [6, 6.07) is 29.3. The molecule has 0 radical (unpaired) electrons. The second-order valence-electron chi connectivity index (χ2n) is 7.54. The molecule has 0 N–H and O–H groups in total. The van der Waals surface area contributed by atoms with E-state index < -0.39 is 0 Å². The van der Waals surface area contributed by atoms with Gasteiger partial charge in [0.1, 0.15) is 11.3 Å². The minimum absolute atomic E-state index is 0.843. The normalized spacial score (nSPS) is 12.4. The SMILES string of the molecule is CCn1c2ccccc2c2cc(N=c3cc(-c4cccs4)oc4ccccc34)ccc21. The van der Waals surface area contributed by atoms with Crippen molar-refractivity contribution in [3.8, 4) is 10.6 Å². The molecule has 0 bridgehead atoms. The maximum absolute atomic E-state index is 6.18. The zero-order valence-electron chi connectivity index (χ0n) is 17.1. The number of benzene rings is 3. The van der Waals surface area contributed by atoms with Crippen molar-refractivity contribution in [3.05, 3.63) is 95.7 Å². The molecule has 0 amide bonds. The predicted molar refractivity (Wildman–Crippen MR) is 130 cm³/mol. The number of hydrogen-bond donors (Lipinski definition) is 0. The predicted octanol–water partition coefficient (Wildman–Crippen LogP) is 7.52. The topological polar surface area (TPSA) is 30.4 Å². The minimum Gasteiger partial charge on any atom is -0.455 e. The molecular formula is C27H20N2OS. The van der Waals surface area contributed by atoms with E-state index in [1.807, 2.05) is 30.3 Å². The van der Waals surface area contributed by atoms with E-state index in [0.29, 0.717) is 0 Å². The van der Waals surface area contributed by atoms with E-state index >= 15 is 0 Å². The van der Waals surface area contributed by atoms with Crippen molar-refractivity contribution in [1.82, 2.24) is 4.57 Å². The first-order valence-corrected chi connectivity index (χ1v) is 11.3. The molecule has 6 rings (SSSR count). The van der Waals surface area contributed by atoms with Crippen molar-refractivity contribution < 1.29 is 4.42 Å². The van der Waals surface area contributed by atoms with Gasteiger partial charge in [0.05, 0.1) is 15.9 Å². The molecule has 0 unspecified atom stereocenters. The number of aryl methyl sites for hydroxylation is 1. The Morgan fingerprint density at radius 3 is 2.45 bits per heavy atom. The largest absolute Gasteiger partial charge is 0.455 e. The number of nitrogens with zero attached hydrogens (tertiary/aromatic N) is 2. The van der Waals surface area contributed by atoms with Crippen LogP contribution in [0, 0.1) is 0 Å². The molecule has 3 aromatic carbocycles. The molecule has 150 valence electrons. The summed E-state index contributed by atoms with van der Waals surface area (Å²) in [5.41, 5.74) is 4.30. The summed E-state index contributed by atoms with van der Waals surface area (Å²) in [6.07, 6.45) is 0. The van der Waals surface area contributed by atoms with Crippen LogP contribution in [0.15, 0.2) is 99.7 Å². The maximum Gasteiger partial charge on any atom is 0.146 e. The van der Waals surface area contributed by atoms with Crippen LogP contribution in [0.3, 0.4) is 0 Å². The van der Waals surface area contributed by atoms with Crippen LogP contribution >= 0.6 is 11.3 Å². The highest BCUT2D eigenvalue weighted by Crippen LogP contribution is 2.32. The first-order chi connectivity index (χ1) is 15.3.